The maximum Gasteiger partial charge on any atom is 0.433 e. The van der Waals surface area contributed by atoms with Crippen LogP contribution in [0.15, 0.2) is 140 Å². The van der Waals surface area contributed by atoms with E-state index in [1.165, 1.54) is 36.5 Å². The van der Waals surface area contributed by atoms with Gasteiger partial charge in [0.25, 0.3) is 0 Å². The molecule has 0 aliphatic rings. The molecule has 9 aromatic carbocycles. The zero-order chi connectivity index (χ0) is 36.2. The van der Waals surface area contributed by atoms with Crippen LogP contribution in [-0.4, -0.2) is 4.98 Å². The molecule has 0 aliphatic heterocycles. The number of benzene rings is 9. The largest absolute Gasteiger partial charge is 0.433 e. The molecule has 0 atom stereocenters. The number of rotatable bonds is 3. The molecule has 53 heavy (non-hydrogen) atoms. The third kappa shape index (κ3) is 4.63. The van der Waals surface area contributed by atoms with E-state index in [4.69, 9.17) is 0 Å². The van der Waals surface area contributed by atoms with Gasteiger partial charge in [-0.15, -0.1) is 0 Å². The second kappa shape index (κ2) is 11.3. The maximum atomic E-state index is 16.2. The van der Waals surface area contributed by atoms with Gasteiger partial charge in [-0.05, 0) is 107 Å². The quantitative estimate of drug-likeness (QED) is 0.101. The van der Waals surface area contributed by atoms with Gasteiger partial charge in [-0.2, -0.15) is 13.2 Å². The van der Waals surface area contributed by atoms with Crippen LogP contribution in [0, 0.1) is 17.5 Å². The molecule has 7 heteroatoms. The standard InChI is InChI=1S/C46H23F6N/c47-26-12-15-35-37(21-26)44(32-18-19-39(48)29-6-2-1-5-28(29)32)31-8-4-3-7-30(31)43(35)33-16-17-36-40(49)22-38-27(25-11-20-41(53-23-25)46(50,51)52)13-9-24-10-14-34(33)45(36)42(24)38/h1-23H. The predicted octanol–water partition coefficient (Wildman–Crippen LogP) is 13.9. The van der Waals surface area contributed by atoms with Crippen molar-refractivity contribution >= 4 is 64.6 Å². The van der Waals surface area contributed by atoms with Crippen molar-refractivity contribution in [2.75, 3.05) is 0 Å². The molecule has 0 saturated heterocycles. The van der Waals surface area contributed by atoms with Crippen molar-refractivity contribution in [3.05, 3.63) is 163 Å². The van der Waals surface area contributed by atoms with Crippen molar-refractivity contribution < 1.29 is 26.3 Å². The summed E-state index contributed by atoms with van der Waals surface area (Å²) in [7, 11) is 0. The van der Waals surface area contributed by atoms with Crippen LogP contribution in [0.3, 0.4) is 0 Å². The van der Waals surface area contributed by atoms with E-state index in [1.54, 1.807) is 36.4 Å². The normalized spacial score (nSPS) is 12.3. The van der Waals surface area contributed by atoms with Crippen LogP contribution in [0.1, 0.15) is 5.69 Å². The lowest BCUT2D eigenvalue weighted by atomic mass is 9.82. The highest BCUT2D eigenvalue weighted by Crippen LogP contribution is 2.49. The highest BCUT2D eigenvalue weighted by molar-refractivity contribution is 6.31. The van der Waals surface area contributed by atoms with E-state index in [0.717, 1.165) is 60.6 Å². The van der Waals surface area contributed by atoms with Crippen LogP contribution in [0.25, 0.3) is 98.0 Å². The minimum absolute atomic E-state index is 0.348. The summed E-state index contributed by atoms with van der Waals surface area (Å²) >= 11 is 0. The summed E-state index contributed by atoms with van der Waals surface area (Å²) in [6.45, 7) is 0. The lowest BCUT2D eigenvalue weighted by molar-refractivity contribution is -0.141. The van der Waals surface area contributed by atoms with Crippen molar-refractivity contribution in [1.29, 1.82) is 0 Å². The molecule has 10 rings (SSSR count). The van der Waals surface area contributed by atoms with Gasteiger partial charge in [0, 0.05) is 27.9 Å². The highest BCUT2D eigenvalue weighted by Gasteiger charge is 2.32. The van der Waals surface area contributed by atoms with Crippen LogP contribution in [0.4, 0.5) is 26.3 Å². The minimum atomic E-state index is -4.59. The molecule has 1 aromatic heterocycles. The molecule has 0 aliphatic carbocycles. The molecule has 0 amide bonds. The summed E-state index contributed by atoms with van der Waals surface area (Å²) in [6, 6.07) is 37.9. The van der Waals surface area contributed by atoms with E-state index < -0.39 is 23.5 Å². The van der Waals surface area contributed by atoms with Gasteiger partial charge in [-0.1, -0.05) is 103 Å². The molecule has 0 bridgehead atoms. The average Bonchev–Trinajstić information content (AvgIpc) is 3.16. The lowest BCUT2D eigenvalue weighted by Crippen LogP contribution is -2.07. The topological polar surface area (TPSA) is 12.9 Å². The third-order valence-corrected chi connectivity index (χ3v) is 10.5. The predicted molar refractivity (Wildman–Crippen MR) is 202 cm³/mol. The van der Waals surface area contributed by atoms with E-state index in [9.17, 15) is 13.2 Å². The number of halogens is 6. The minimum Gasteiger partial charge on any atom is -0.251 e. The molecule has 1 heterocycles. The number of fused-ring (bicyclic) bond motifs is 3. The number of aromatic nitrogens is 1. The Morgan fingerprint density at radius 2 is 1.02 bits per heavy atom. The zero-order valence-corrected chi connectivity index (χ0v) is 27.5. The van der Waals surface area contributed by atoms with Gasteiger partial charge < -0.3 is 0 Å². The van der Waals surface area contributed by atoms with Gasteiger partial charge in [0.1, 0.15) is 23.1 Å². The van der Waals surface area contributed by atoms with Gasteiger partial charge in [-0.3, -0.25) is 4.98 Å². The Morgan fingerprint density at radius 3 is 1.75 bits per heavy atom. The summed E-state index contributed by atoms with van der Waals surface area (Å²) in [5.74, 6) is -1.24. The summed E-state index contributed by atoms with van der Waals surface area (Å²) in [5.41, 5.74) is 3.15. The molecule has 0 unspecified atom stereocenters. The van der Waals surface area contributed by atoms with E-state index in [2.05, 4.69) is 4.98 Å². The molecule has 0 spiro atoms. The van der Waals surface area contributed by atoms with Crippen molar-refractivity contribution in [1.82, 2.24) is 4.98 Å². The molecular weight excluding hydrogens is 681 g/mol. The summed E-state index contributed by atoms with van der Waals surface area (Å²) in [4.78, 5) is 3.66. The van der Waals surface area contributed by atoms with Crippen molar-refractivity contribution in [2.24, 2.45) is 0 Å². The fraction of sp³-hybridized carbons (Fsp3) is 0.0217. The first-order chi connectivity index (χ1) is 25.7. The third-order valence-electron chi connectivity index (χ3n) is 10.5. The number of nitrogens with zero attached hydrogens (tertiary/aromatic N) is 1. The monoisotopic (exact) mass is 703 g/mol. The smallest absolute Gasteiger partial charge is 0.251 e. The second-order valence-corrected chi connectivity index (χ2v) is 13.3. The van der Waals surface area contributed by atoms with Crippen LogP contribution in [-0.2, 0) is 6.18 Å². The molecular formula is C46H23F6N. The van der Waals surface area contributed by atoms with Crippen LogP contribution in [0.5, 0.6) is 0 Å². The first-order valence-corrected chi connectivity index (χ1v) is 16.9. The number of hydrogen-bond acceptors (Lipinski definition) is 1. The number of hydrogen-bond donors (Lipinski definition) is 0. The van der Waals surface area contributed by atoms with E-state index in [1.807, 2.05) is 60.7 Å². The Kier molecular flexibility index (Phi) is 6.65. The van der Waals surface area contributed by atoms with Crippen molar-refractivity contribution in [3.63, 3.8) is 0 Å². The molecule has 254 valence electrons. The summed E-state index contributed by atoms with van der Waals surface area (Å²) in [5, 5.41) is 8.28. The fourth-order valence-corrected chi connectivity index (χ4v) is 8.24. The first kappa shape index (κ1) is 31.3. The van der Waals surface area contributed by atoms with Gasteiger partial charge in [-0.25, -0.2) is 13.2 Å². The first-order valence-electron chi connectivity index (χ1n) is 16.9. The Balaban J connectivity index is 1.30. The van der Waals surface area contributed by atoms with Gasteiger partial charge in [0.05, 0.1) is 0 Å². The Bertz CT molecular complexity index is 3130. The molecule has 0 fully saturated rings. The summed E-state index contributed by atoms with van der Waals surface area (Å²) < 4.78 is 86.6. The zero-order valence-electron chi connectivity index (χ0n) is 27.5. The fourth-order valence-electron chi connectivity index (χ4n) is 8.24. The molecule has 0 N–H and O–H groups in total. The van der Waals surface area contributed by atoms with Crippen LogP contribution < -0.4 is 0 Å². The van der Waals surface area contributed by atoms with Gasteiger partial charge >= 0.3 is 6.18 Å². The van der Waals surface area contributed by atoms with Crippen molar-refractivity contribution in [3.8, 4) is 33.4 Å². The average molecular weight is 704 g/mol. The Morgan fingerprint density at radius 1 is 0.415 bits per heavy atom. The second-order valence-electron chi connectivity index (χ2n) is 13.3. The molecule has 0 radical (unpaired) electrons. The van der Waals surface area contributed by atoms with Gasteiger partial charge in [0.2, 0.25) is 0 Å². The lowest BCUT2D eigenvalue weighted by Gasteiger charge is -2.21. The molecule has 0 saturated carbocycles. The summed E-state index contributed by atoms with van der Waals surface area (Å²) in [6.07, 6.45) is -3.42. The van der Waals surface area contributed by atoms with Crippen LogP contribution in [0.2, 0.25) is 0 Å². The SMILES string of the molecule is Fc1ccc2c(-c3ccc4c(F)cc5c(-c6ccc(C(F)(F)F)nc6)ccc6ccc3c4c65)c3ccccc3c(-c3ccc(F)c4ccccc34)c2c1. The molecule has 1 nitrogen and oxygen atoms in total. The Hall–Kier alpha value is -6.47. The molecule has 10 aromatic rings. The van der Waals surface area contributed by atoms with Crippen LogP contribution >= 0.6 is 0 Å². The van der Waals surface area contributed by atoms with Crippen molar-refractivity contribution in [2.45, 2.75) is 6.18 Å². The highest BCUT2D eigenvalue weighted by atomic mass is 19.4. The van der Waals surface area contributed by atoms with E-state index >= 15 is 13.2 Å². The van der Waals surface area contributed by atoms with E-state index in [-0.39, 0.29) is 5.82 Å². The van der Waals surface area contributed by atoms with Gasteiger partial charge in [0.15, 0.2) is 0 Å². The van der Waals surface area contributed by atoms with E-state index in [0.29, 0.717) is 43.4 Å². The maximum absolute atomic E-state index is 16.2. The number of alkyl halides is 3. The Labute approximate surface area is 297 Å². The number of pyridine rings is 1.